The van der Waals surface area contributed by atoms with Crippen LogP contribution in [-0.2, 0) is 11.8 Å². The Balaban J connectivity index is 2.24. The number of hydrogen-bond acceptors (Lipinski definition) is 3. The zero-order valence-electron chi connectivity index (χ0n) is 9.20. The molecule has 1 aliphatic rings. The normalized spacial score (nSPS) is 17.5. The molecule has 15 heavy (non-hydrogen) atoms. The third kappa shape index (κ3) is 1.99. The molecule has 1 heterocycles. The summed E-state index contributed by atoms with van der Waals surface area (Å²) in [6.45, 7) is 4.33. The lowest BCUT2D eigenvalue weighted by Crippen LogP contribution is -2.11. The first kappa shape index (κ1) is 10.1. The van der Waals surface area contributed by atoms with Gasteiger partial charge in [-0.2, -0.15) is 5.26 Å². The Kier molecular flexibility index (Phi) is 2.44. The molecule has 1 fully saturated rings. The van der Waals surface area contributed by atoms with Crippen molar-refractivity contribution in [3.8, 4) is 6.07 Å². The van der Waals surface area contributed by atoms with Gasteiger partial charge in [0.1, 0.15) is 11.2 Å². The second kappa shape index (κ2) is 3.62. The predicted molar refractivity (Wildman–Crippen MR) is 57.1 cm³/mol. The van der Waals surface area contributed by atoms with E-state index in [0.717, 1.165) is 30.8 Å². The molecule has 0 atom stereocenters. The summed E-state index contributed by atoms with van der Waals surface area (Å²) >= 11 is 0. The Morgan fingerprint density at radius 2 is 2.27 bits per heavy atom. The lowest BCUT2D eigenvalue weighted by molar-refractivity contribution is 0.626. The topological polar surface area (TPSA) is 49.6 Å². The maximum Gasteiger partial charge on any atom is 0.148 e. The number of rotatable bonds is 3. The van der Waals surface area contributed by atoms with Gasteiger partial charge in [0, 0.05) is 11.9 Å². The van der Waals surface area contributed by atoms with E-state index in [1.165, 1.54) is 0 Å². The van der Waals surface area contributed by atoms with Crippen molar-refractivity contribution in [3.05, 3.63) is 23.8 Å². The SMILES string of the molecule is CC(C)Cc1ccnc(C2(C#N)CC2)n1. The van der Waals surface area contributed by atoms with Gasteiger partial charge >= 0.3 is 0 Å². The fourth-order valence-corrected chi connectivity index (χ4v) is 1.67. The molecule has 1 saturated carbocycles. The highest BCUT2D eigenvalue weighted by Crippen LogP contribution is 2.45. The summed E-state index contributed by atoms with van der Waals surface area (Å²) in [5.41, 5.74) is 0.698. The number of nitrogens with zero attached hydrogens (tertiary/aromatic N) is 3. The average Bonchev–Trinajstić information content (AvgIpc) is 2.97. The van der Waals surface area contributed by atoms with Crippen LogP contribution in [0.3, 0.4) is 0 Å². The molecule has 0 amide bonds. The van der Waals surface area contributed by atoms with Crippen molar-refractivity contribution in [3.63, 3.8) is 0 Å². The molecular formula is C12H15N3. The number of nitriles is 1. The van der Waals surface area contributed by atoms with Crippen molar-refractivity contribution < 1.29 is 0 Å². The molecule has 3 nitrogen and oxygen atoms in total. The molecule has 0 N–H and O–H groups in total. The van der Waals surface area contributed by atoms with Crippen LogP contribution in [0.2, 0.25) is 0 Å². The van der Waals surface area contributed by atoms with Gasteiger partial charge in [0.05, 0.1) is 6.07 Å². The Morgan fingerprint density at radius 3 is 2.80 bits per heavy atom. The van der Waals surface area contributed by atoms with Gasteiger partial charge in [-0.15, -0.1) is 0 Å². The molecule has 78 valence electrons. The Bertz CT molecular complexity index is 400. The predicted octanol–water partition coefficient (Wildman–Crippen LogP) is 2.23. The smallest absolute Gasteiger partial charge is 0.148 e. The molecule has 0 aromatic carbocycles. The van der Waals surface area contributed by atoms with Crippen molar-refractivity contribution in [2.75, 3.05) is 0 Å². The third-order valence-corrected chi connectivity index (χ3v) is 2.72. The molecule has 0 bridgehead atoms. The van der Waals surface area contributed by atoms with Crippen LogP contribution in [0.5, 0.6) is 0 Å². The minimum atomic E-state index is -0.354. The largest absolute Gasteiger partial charge is 0.240 e. The zero-order chi connectivity index (χ0) is 10.9. The Morgan fingerprint density at radius 1 is 1.53 bits per heavy atom. The maximum absolute atomic E-state index is 9.05. The van der Waals surface area contributed by atoms with E-state index < -0.39 is 0 Å². The second-order valence-corrected chi connectivity index (χ2v) is 4.66. The van der Waals surface area contributed by atoms with Gasteiger partial charge in [-0.1, -0.05) is 13.8 Å². The van der Waals surface area contributed by atoms with Crippen LogP contribution in [0, 0.1) is 17.2 Å². The highest BCUT2D eigenvalue weighted by Gasteiger charge is 2.47. The fourth-order valence-electron chi connectivity index (χ4n) is 1.67. The first-order valence-corrected chi connectivity index (χ1v) is 5.40. The highest BCUT2D eigenvalue weighted by atomic mass is 14.9. The fraction of sp³-hybridized carbons (Fsp3) is 0.583. The van der Waals surface area contributed by atoms with Crippen molar-refractivity contribution in [1.82, 2.24) is 9.97 Å². The van der Waals surface area contributed by atoms with E-state index in [4.69, 9.17) is 5.26 Å². The molecule has 0 saturated heterocycles. The summed E-state index contributed by atoms with van der Waals surface area (Å²) in [5.74, 6) is 1.31. The number of aromatic nitrogens is 2. The van der Waals surface area contributed by atoms with Crippen molar-refractivity contribution in [2.24, 2.45) is 5.92 Å². The standard InChI is InChI=1S/C12H15N3/c1-9(2)7-10-3-6-14-11(15-10)12(8-13)4-5-12/h3,6,9H,4-5,7H2,1-2H3. The number of hydrogen-bond donors (Lipinski definition) is 0. The minimum Gasteiger partial charge on any atom is -0.240 e. The highest BCUT2D eigenvalue weighted by molar-refractivity contribution is 5.29. The Labute approximate surface area is 90.2 Å². The maximum atomic E-state index is 9.05. The lowest BCUT2D eigenvalue weighted by atomic mass is 10.1. The van der Waals surface area contributed by atoms with E-state index >= 15 is 0 Å². The molecule has 1 aromatic heterocycles. The first-order chi connectivity index (χ1) is 7.16. The van der Waals surface area contributed by atoms with Gasteiger partial charge in [-0.3, -0.25) is 0 Å². The van der Waals surface area contributed by atoms with Gasteiger partial charge in [-0.25, -0.2) is 9.97 Å². The molecule has 1 aromatic rings. The zero-order valence-corrected chi connectivity index (χ0v) is 9.20. The molecule has 0 radical (unpaired) electrons. The van der Waals surface area contributed by atoms with Gasteiger partial charge in [0.25, 0.3) is 0 Å². The lowest BCUT2D eigenvalue weighted by Gasteiger charge is -2.07. The van der Waals surface area contributed by atoms with Gasteiger partial charge in [0.15, 0.2) is 0 Å². The van der Waals surface area contributed by atoms with Crippen LogP contribution < -0.4 is 0 Å². The molecule has 0 spiro atoms. The van der Waals surface area contributed by atoms with Crippen LogP contribution in [0.1, 0.15) is 38.2 Å². The monoisotopic (exact) mass is 201 g/mol. The molecular weight excluding hydrogens is 186 g/mol. The summed E-state index contributed by atoms with van der Waals surface area (Å²) in [7, 11) is 0. The second-order valence-electron chi connectivity index (χ2n) is 4.66. The molecule has 2 rings (SSSR count). The quantitative estimate of drug-likeness (QED) is 0.753. The summed E-state index contributed by atoms with van der Waals surface area (Å²) in [6, 6.07) is 4.27. The molecule has 3 heteroatoms. The van der Waals surface area contributed by atoms with Gasteiger partial charge in [0.2, 0.25) is 0 Å². The van der Waals surface area contributed by atoms with E-state index in [9.17, 15) is 0 Å². The van der Waals surface area contributed by atoms with Crippen LogP contribution in [-0.4, -0.2) is 9.97 Å². The van der Waals surface area contributed by atoms with Crippen LogP contribution in [0.4, 0.5) is 0 Å². The summed E-state index contributed by atoms with van der Waals surface area (Å²) < 4.78 is 0. The van der Waals surface area contributed by atoms with E-state index in [1.807, 2.05) is 6.07 Å². The van der Waals surface area contributed by atoms with E-state index in [0.29, 0.717) is 5.92 Å². The van der Waals surface area contributed by atoms with Crippen molar-refractivity contribution >= 4 is 0 Å². The molecule has 0 unspecified atom stereocenters. The van der Waals surface area contributed by atoms with Crippen molar-refractivity contribution in [1.29, 1.82) is 5.26 Å². The summed E-state index contributed by atoms with van der Waals surface area (Å²) in [6.07, 6.45) is 4.55. The summed E-state index contributed by atoms with van der Waals surface area (Å²) in [5, 5.41) is 9.05. The van der Waals surface area contributed by atoms with Crippen LogP contribution in [0.15, 0.2) is 12.3 Å². The Hall–Kier alpha value is -1.43. The third-order valence-electron chi connectivity index (χ3n) is 2.72. The van der Waals surface area contributed by atoms with Gasteiger partial charge < -0.3 is 0 Å². The van der Waals surface area contributed by atoms with E-state index in [1.54, 1.807) is 6.20 Å². The van der Waals surface area contributed by atoms with Gasteiger partial charge in [-0.05, 0) is 31.2 Å². The minimum absolute atomic E-state index is 0.354. The van der Waals surface area contributed by atoms with E-state index in [-0.39, 0.29) is 5.41 Å². The van der Waals surface area contributed by atoms with Crippen molar-refractivity contribution in [2.45, 2.75) is 38.5 Å². The first-order valence-electron chi connectivity index (χ1n) is 5.40. The van der Waals surface area contributed by atoms with Crippen LogP contribution in [0.25, 0.3) is 0 Å². The van der Waals surface area contributed by atoms with Crippen LogP contribution >= 0.6 is 0 Å². The summed E-state index contributed by atoms with van der Waals surface area (Å²) in [4.78, 5) is 8.70. The average molecular weight is 201 g/mol. The molecule has 1 aliphatic carbocycles. The molecule has 0 aliphatic heterocycles. The van der Waals surface area contributed by atoms with E-state index in [2.05, 4.69) is 29.9 Å².